The largest absolute Gasteiger partial charge is 0.543 e. The van der Waals surface area contributed by atoms with Gasteiger partial charge in [0, 0.05) is 5.41 Å². The van der Waals surface area contributed by atoms with Crippen LogP contribution >= 0.6 is 0 Å². The molecule has 0 radical (unpaired) electrons. The average Bonchev–Trinajstić information content (AvgIpc) is 3.02. The molecule has 1 aromatic rings. The number of ether oxygens (including phenoxy) is 1. The number of carbonyl (C=O) groups is 1. The van der Waals surface area contributed by atoms with E-state index in [0.717, 1.165) is 37.9 Å². The molecule has 5 heteroatoms. The maximum absolute atomic E-state index is 11.7. The number of hydrogen-bond donors (Lipinski definition) is 1. The fourth-order valence-electron chi connectivity index (χ4n) is 6.41. The molecule has 4 rings (SSSR count). The van der Waals surface area contributed by atoms with Crippen LogP contribution in [0.25, 0.3) is 0 Å². The summed E-state index contributed by atoms with van der Waals surface area (Å²) < 4.78 is 12.3. The highest BCUT2D eigenvalue weighted by Crippen LogP contribution is 2.61. The monoisotopic (exact) mass is 444 g/mol. The van der Waals surface area contributed by atoms with Gasteiger partial charge in [-0.1, -0.05) is 33.8 Å². The molecule has 0 aromatic heterocycles. The van der Waals surface area contributed by atoms with Crippen molar-refractivity contribution in [2.24, 2.45) is 17.3 Å². The van der Waals surface area contributed by atoms with Gasteiger partial charge in [0.1, 0.15) is 18.5 Å². The van der Waals surface area contributed by atoms with Gasteiger partial charge in [-0.25, -0.2) is 4.79 Å². The number of aliphatic hydroxyl groups is 1. The van der Waals surface area contributed by atoms with Crippen molar-refractivity contribution in [3.63, 3.8) is 0 Å². The Morgan fingerprint density at radius 2 is 1.94 bits per heavy atom. The van der Waals surface area contributed by atoms with Crippen molar-refractivity contribution >= 4 is 14.3 Å². The molecule has 0 saturated heterocycles. The Labute approximate surface area is 188 Å². The van der Waals surface area contributed by atoms with E-state index >= 15 is 0 Å². The van der Waals surface area contributed by atoms with Gasteiger partial charge in [0.15, 0.2) is 0 Å². The summed E-state index contributed by atoms with van der Waals surface area (Å²) in [5.41, 5.74) is 3.05. The first-order valence-corrected chi connectivity index (χ1v) is 15.0. The number of aliphatic hydroxyl groups excluding tert-OH is 1. The van der Waals surface area contributed by atoms with Crippen LogP contribution in [-0.4, -0.2) is 32.1 Å². The fourth-order valence-corrected chi connectivity index (χ4v) is 7.43. The molecule has 3 aliphatic carbocycles. The first-order valence-electron chi connectivity index (χ1n) is 12.1. The van der Waals surface area contributed by atoms with Gasteiger partial charge in [-0.15, -0.1) is 0 Å². The first-order chi connectivity index (χ1) is 14.5. The van der Waals surface area contributed by atoms with Crippen molar-refractivity contribution in [1.82, 2.24) is 0 Å². The molecule has 5 atom stereocenters. The summed E-state index contributed by atoms with van der Waals surface area (Å²) in [7, 11) is -1.84. The van der Waals surface area contributed by atoms with Crippen LogP contribution in [0.2, 0.25) is 18.1 Å². The molecule has 0 heterocycles. The number of fused-ring (bicyclic) bond motifs is 5. The highest BCUT2D eigenvalue weighted by atomic mass is 28.4. The number of hydrogen-bond acceptors (Lipinski definition) is 4. The van der Waals surface area contributed by atoms with Crippen molar-refractivity contribution in [3.05, 3.63) is 29.3 Å². The number of rotatable bonds is 4. The van der Waals surface area contributed by atoms with E-state index in [-0.39, 0.29) is 16.6 Å². The van der Waals surface area contributed by atoms with Gasteiger partial charge in [0.2, 0.25) is 8.32 Å². The van der Waals surface area contributed by atoms with Crippen LogP contribution in [0.15, 0.2) is 18.2 Å². The maximum atomic E-state index is 11.7. The van der Waals surface area contributed by atoms with Gasteiger partial charge in [-0.3, -0.25) is 0 Å². The Bertz CT molecular complexity index is 842. The molecule has 0 bridgehead atoms. The molecule has 2 saturated carbocycles. The third-order valence-corrected chi connectivity index (χ3v) is 13.6. The molecular weight excluding hydrogens is 404 g/mol. The lowest BCUT2D eigenvalue weighted by molar-refractivity contribution is -0.160. The second kappa shape index (κ2) is 7.91. The molecular formula is C26H40O4Si. The Balaban J connectivity index is 1.53. The lowest BCUT2D eigenvalue weighted by Gasteiger charge is -2.50. The number of esters is 1. The predicted molar refractivity (Wildman–Crippen MR) is 126 cm³/mol. The quantitative estimate of drug-likeness (QED) is 0.469. The topological polar surface area (TPSA) is 55.8 Å². The molecule has 172 valence electrons. The zero-order valence-electron chi connectivity index (χ0n) is 20.2. The number of benzene rings is 1. The number of aryl methyl sites for hydroxylation is 1. The lowest BCUT2D eigenvalue weighted by Crippen LogP contribution is -2.45. The van der Waals surface area contributed by atoms with E-state index in [1.54, 1.807) is 0 Å². The molecule has 0 amide bonds. The van der Waals surface area contributed by atoms with E-state index in [1.165, 1.54) is 17.5 Å². The Hall–Kier alpha value is -1.33. The zero-order chi connectivity index (χ0) is 22.6. The van der Waals surface area contributed by atoms with Gasteiger partial charge in [-0.05, 0) is 97.7 Å². The van der Waals surface area contributed by atoms with Crippen molar-refractivity contribution in [1.29, 1.82) is 0 Å². The number of carbonyl (C=O) groups excluding carboxylic acids is 1. The third-order valence-electron chi connectivity index (χ3n) is 9.19. The van der Waals surface area contributed by atoms with Crippen LogP contribution in [0.3, 0.4) is 0 Å². The minimum Gasteiger partial charge on any atom is -0.543 e. The van der Waals surface area contributed by atoms with E-state index in [1.807, 2.05) is 0 Å². The van der Waals surface area contributed by atoms with Crippen LogP contribution in [0.5, 0.6) is 5.75 Å². The minimum absolute atomic E-state index is 0.0418. The average molecular weight is 445 g/mol. The molecule has 4 nitrogen and oxygen atoms in total. The molecule has 1 N–H and O–H groups in total. The molecule has 31 heavy (non-hydrogen) atoms. The highest BCUT2D eigenvalue weighted by Gasteiger charge is 2.56. The lowest BCUT2D eigenvalue weighted by atomic mass is 9.55. The van der Waals surface area contributed by atoms with E-state index in [0.29, 0.717) is 17.8 Å². The van der Waals surface area contributed by atoms with E-state index in [9.17, 15) is 4.79 Å². The smallest absolute Gasteiger partial charge is 0.332 e. The molecule has 2 fully saturated rings. The highest BCUT2D eigenvalue weighted by molar-refractivity contribution is 6.74. The van der Waals surface area contributed by atoms with Crippen LogP contribution in [0, 0.1) is 17.3 Å². The third kappa shape index (κ3) is 3.97. The van der Waals surface area contributed by atoms with Crippen LogP contribution in [0.1, 0.15) is 76.8 Å². The normalized spacial score (nSPS) is 32.6. The fraction of sp³-hybridized carbons (Fsp3) is 0.731. The summed E-state index contributed by atoms with van der Waals surface area (Å²) in [4.78, 5) is 11.7. The molecule has 1 aromatic carbocycles. The van der Waals surface area contributed by atoms with Gasteiger partial charge in [-0.2, -0.15) is 0 Å². The summed E-state index contributed by atoms with van der Waals surface area (Å²) >= 11 is 0. The second-order valence-corrected chi connectivity index (χ2v) is 16.6. The maximum Gasteiger partial charge on any atom is 0.332 e. The van der Waals surface area contributed by atoms with Crippen molar-refractivity contribution in [3.8, 4) is 5.75 Å². The van der Waals surface area contributed by atoms with Crippen molar-refractivity contribution in [2.75, 3.05) is 6.61 Å². The molecule has 3 aliphatic rings. The summed E-state index contributed by atoms with van der Waals surface area (Å²) in [5, 5.41) is 9.32. The van der Waals surface area contributed by atoms with Crippen molar-refractivity contribution < 1.29 is 19.1 Å². The van der Waals surface area contributed by atoms with E-state index in [2.05, 4.69) is 59.0 Å². The van der Waals surface area contributed by atoms with Gasteiger partial charge < -0.3 is 14.3 Å². The molecule has 0 spiro atoms. The summed E-state index contributed by atoms with van der Waals surface area (Å²) in [6.07, 6.45) is 6.58. The van der Waals surface area contributed by atoms with Crippen molar-refractivity contribution in [2.45, 2.75) is 96.4 Å². The zero-order valence-corrected chi connectivity index (χ0v) is 21.2. The van der Waals surface area contributed by atoms with E-state index < -0.39 is 20.9 Å². The van der Waals surface area contributed by atoms with Crippen LogP contribution in [-0.2, 0) is 16.0 Å². The predicted octanol–water partition coefficient (Wildman–Crippen LogP) is 5.83. The summed E-state index contributed by atoms with van der Waals surface area (Å²) in [6.45, 7) is 13.3. The summed E-state index contributed by atoms with van der Waals surface area (Å²) in [6, 6.07) is 6.87. The van der Waals surface area contributed by atoms with Gasteiger partial charge >= 0.3 is 5.97 Å². The summed E-state index contributed by atoms with van der Waals surface area (Å²) in [5.74, 6) is 2.44. The Morgan fingerprint density at radius 1 is 1.19 bits per heavy atom. The van der Waals surface area contributed by atoms with E-state index in [4.69, 9.17) is 14.3 Å². The Morgan fingerprint density at radius 3 is 2.61 bits per heavy atom. The van der Waals surface area contributed by atoms with Crippen LogP contribution < -0.4 is 4.43 Å². The standard InChI is InChI=1S/C26H40O4Si/c1-25(2,3)31(5,6)30-18-8-10-19-17(15-18)7-9-21-20(19)13-14-26(4)22(21)11-12-23(26)29-24(28)16-27/h8,10,15,20-23,27H,7,9,11-14,16H2,1-6H3/t20?,21?,22?,23-,26-/m0/s1. The van der Waals surface area contributed by atoms with Gasteiger partial charge in [0.25, 0.3) is 0 Å². The first kappa shape index (κ1) is 22.8. The Kier molecular flexibility index (Phi) is 5.83. The minimum atomic E-state index is -1.84. The SMILES string of the molecule is CC(C)(C)[Si](C)(C)Oc1ccc2c(c1)CCC1C2CC[C@@]2(C)C1CC[C@@H]2OC(=O)CO. The molecule has 3 unspecified atom stereocenters. The van der Waals surface area contributed by atoms with Gasteiger partial charge in [0.05, 0.1) is 0 Å². The van der Waals surface area contributed by atoms with Crippen LogP contribution in [0.4, 0.5) is 0 Å². The molecule has 0 aliphatic heterocycles. The second-order valence-electron chi connectivity index (χ2n) is 11.9.